The Bertz CT molecular complexity index is 167. The molecule has 0 aromatic rings. The number of hydrogen-bond acceptors (Lipinski definition) is 2. The van der Waals surface area contributed by atoms with E-state index >= 15 is 0 Å². The Kier molecular flexibility index (Phi) is 4.04. The third kappa shape index (κ3) is 8.68. The maximum atomic E-state index is 10.3. The molecule has 0 heterocycles. The van der Waals surface area contributed by atoms with Crippen molar-refractivity contribution in [1.82, 2.24) is 4.72 Å². The highest BCUT2D eigenvalue weighted by atomic mass is 79.9. The second kappa shape index (κ2) is 3.75. The Morgan fingerprint density at radius 1 is 1.78 bits per heavy atom. The average Bonchev–Trinajstić information content (AvgIpc) is 1.59. The van der Waals surface area contributed by atoms with E-state index < -0.39 is 8.46 Å². The molecule has 6 heteroatoms. The molecular weight excluding hydrogens is 229 g/mol. The second-order valence-corrected chi connectivity index (χ2v) is 6.03. The number of nitrogens with one attached hydrogen (secondary N) is 1. The fourth-order valence-corrected chi connectivity index (χ4v) is 1.23. The largest absolute Gasteiger partial charge is 0.272 e. The van der Waals surface area contributed by atoms with Crippen LogP contribution in [0.3, 0.4) is 0 Å². The van der Waals surface area contributed by atoms with Gasteiger partial charge in [0.1, 0.15) is 0 Å². The summed E-state index contributed by atoms with van der Waals surface area (Å²) in [6.07, 6.45) is 0. The molecule has 0 saturated heterocycles. The zero-order valence-electron chi connectivity index (χ0n) is 4.77. The number of hydrogen-bond donors (Lipinski definition) is 1. The van der Waals surface area contributed by atoms with Crippen molar-refractivity contribution in [3.63, 3.8) is 0 Å². The predicted octanol–water partition coefficient (Wildman–Crippen LogP) is 0.843. The van der Waals surface area contributed by atoms with Crippen molar-refractivity contribution in [2.75, 3.05) is 6.54 Å². The first kappa shape index (κ1) is 9.68. The fourth-order valence-electron chi connectivity index (χ4n) is 0.214. The zero-order valence-corrected chi connectivity index (χ0v) is 7.92. The van der Waals surface area contributed by atoms with Crippen LogP contribution in [-0.4, -0.2) is 20.3 Å². The van der Waals surface area contributed by atoms with Crippen LogP contribution in [0.2, 0.25) is 0 Å². The van der Waals surface area contributed by atoms with Crippen LogP contribution in [0.4, 0.5) is 0 Å². The van der Waals surface area contributed by atoms with E-state index in [0.717, 1.165) is 0 Å². The van der Waals surface area contributed by atoms with Gasteiger partial charge in [0.25, 0.3) is 8.46 Å². The molecule has 0 spiro atoms. The second-order valence-electron chi connectivity index (χ2n) is 1.57. The Morgan fingerprint density at radius 2 is 2.22 bits per heavy atom. The monoisotopic (exact) mass is 235 g/mol. The lowest BCUT2D eigenvalue weighted by atomic mass is 10.5. The first-order valence-electron chi connectivity index (χ1n) is 2.25. The first-order chi connectivity index (χ1) is 3.92. The molecule has 0 fully saturated rings. The Morgan fingerprint density at radius 3 is 2.33 bits per heavy atom. The van der Waals surface area contributed by atoms with Crippen molar-refractivity contribution >= 4 is 34.9 Å². The van der Waals surface area contributed by atoms with Gasteiger partial charge in [0.2, 0.25) is 0 Å². The molecule has 0 aromatic heterocycles. The van der Waals surface area contributed by atoms with E-state index in [1.807, 2.05) is 0 Å². The fraction of sp³-hybridized carbons (Fsp3) is 1.00. The number of halogens is 2. The summed E-state index contributed by atoms with van der Waals surface area (Å²) in [5.41, 5.74) is 0. The minimum atomic E-state index is -3.24. The summed E-state index contributed by atoms with van der Waals surface area (Å²) in [7, 11) is -3.24. The Balaban J connectivity index is 3.53. The molecular formula is C3H7BrClNO2S. The first-order valence-corrected chi connectivity index (χ1v) is 6.01. The summed E-state index contributed by atoms with van der Waals surface area (Å²) in [4.78, 5) is 0. The standard InChI is InChI=1S/C3H7BrClNO2S/c1-3(5)2-6-9(4,7)8/h3,6H,2H2,1H3. The van der Waals surface area contributed by atoms with Gasteiger partial charge < -0.3 is 0 Å². The maximum Gasteiger partial charge on any atom is 0.272 e. The van der Waals surface area contributed by atoms with Gasteiger partial charge in [-0.3, -0.25) is 0 Å². The van der Waals surface area contributed by atoms with Gasteiger partial charge in [0.15, 0.2) is 0 Å². The molecule has 0 amide bonds. The lowest BCUT2D eigenvalue weighted by molar-refractivity contribution is 0.598. The van der Waals surface area contributed by atoms with E-state index in [2.05, 4.69) is 19.5 Å². The highest BCUT2D eigenvalue weighted by Crippen LogP contribution is 1.96. The molecule has 1 atom stereocenters. The minimum Gasteiger partial charge on any atom is -0.205 e. The quantitative estimate of drug-likeness (QED) is 0.583. The zero-order chi connectivity index (χ0) is 7.49. The lowest BCUT2D eigenvalue weighted by Crippen LogP contribution is -2.23. The Labute approximate surface area is 67.0 Å². The molecule has 0 aliphatic rings. The van der Waals surface area contributed by atoms with Crippen LogP contribution >= 0.6 is 26.4 Å². The summed E-state index contributed by atoms with van der Waals surface area (Å²) in [5, 5.41) is -0.183. The Hall–Kier alpha value is 0.680. The third-order valence-corrected chi connectivity index (χ3v) is 1.89. The van der Waals surface area contributed by atoms with Gasteiger partial charge >= 0.3 is 0 Å². The summed E-state index contributed by atoms with van der Waals surface area (Å²) in [6, 6.07) is 0. The van der Waals surface area contributed by atoms with Crippen LogP contribution in [0, 0.1) is 0 Å². The molecule has 0 bridgehead atoms. The van der Waals surface area contributed by atoms with Crippen molar-refractivity contribution in [3.05, 3.63) is 0 Å². The summed E-state index contributed by atoms with van der Waals surface area (Å²) in [6.45, 7) is 1.95. The highest BCUT2D eigenvalue weighted by molar-refractivity contribution is 9.47. The SMILES string of the molecule is CC(Cl)CNS(=O)(=O)Br. The van der Waals surface area contributed by atoms with Crippen molar-refractivity contribution in [3.8, 4) is 0 Å². The average molecular weight is 237 g/mol. The molecule has 9 heavy (non-hydrogen) atoms. The predicted molar refractivity (Wildman–Crippen MR) is 41.2 cm³/mol. The topological polar surface area (TPSA) is 46.2 Å². The van der Waals surface area contributed by atoms with Gasteiger partial charge in [0.05, 0.1) is 14.8 Å². The van der Waals surface area contributed by atoms with Gasteiger partial charge in [-0.05, 0) is 6.92 Å². The normalized spacial score (nSPS) is 15.4. The van der Waals surface area contributed by atoms with E-state index in [9.17, 15) is 8.42 Å². The number of rotatable bonds is 3. The molecule has 0 aromatic carbocycles. The summed E-state index contributed by atoms with van der Waals surface area (Å²) < 4.78 is 22.7. The molecule has 0 saturated carbocycles. The van der Waals surface area contributed by atoms with Crippen molar-refractivity contribution in [2.24, 2.45) is 0 Å². The van der Waals surface area contributed by atoms with Crippen LogP contribution in [0.1, 0.15) is 6.92 Å². The van der Waals surface area contributed by atoms with Crippen LogP contribution in [-0.2, 0) is 8.46 Å². The van der Waals surface area contributed by atoms with E-state index in [0.29, 0.717) is 0 Å². The summed E-state index contributed by atoms with van der Waals surface area (Å²) in [5.74, 6) is 0. The third-order valence-electron chi connectivity index (χ3n) is 0.537. The summed E-state index contributed by atoms with van der Waals surface area (Å²) >= 11 is 7.85. The van der Waals surface area contributed by atoms with Gasteiger partial charge in [-0.15, -0.1) is 11.6 Å². The molecule has 0 aliphatic carbocycles. The number of alkyl halides is 1. The van der Waals surface area contributed by atoms with Crippen LogP contribution in [0.15, 0.2) is 0 Å². The van der Waals surface area contributed by atoms with E-state index in [4.69, 9.17) is 11.6 Å². The molecule has 0 aliphatic heterocycles. The van der Waals surface area contributed by atoms with Crippen LogP contribution in [0.25, 0.3) is 0 Å². The molecule has 1 N–H and O–H groups in total. The van der Waals surface area contributed by atoms with E-state index in [-0.39, 0.29) is 11.9 Å². The molecule has 56 valence electrons. The van der Waals surface area contributed by atoms with Gasteiger partial charge in [-0.2, -0.15) is 0 Å². The maximum absolute atomic E-state index is 10.3. The van der Waals surface area contributed by atoms with Gasteiger partial charge in [-0.1, -0.05) is 0 Å². The molecule has 0 radical (unpaired) electrons. The molecule has 1 unspecified atom stereocenters. The van der Waals surface area contributed by atoms with Crippen molar-refractivity contribution < 1.29 is 8.42 Å². The van der Waals surface area contributed by atoms with Gasteiger partial charge in [0, 0.05) is 11.9 Å². The molecule has 3 nitrogen and oxygen atoms in total. The smallest absolute Gasteiger partial charge is 0.205 e. The van der Waals surface area contributed by atoms with Gasteiger partial charge in [-0.25, -0.2) is 13.1 Å². The van der Waals surface area contributed by atoms with E-state index in [1.54, 1.807) is 6.92 Å². The lowest BCUT2D eigenvalue weighted by Gasteiger charge is -2.00. The van der Waals surface area contributed by atoms with Crippen molar-refractivity contribution in [1.29, 1.82) is 0 Å². The van der Waals surface area contributed by atoms with Crippen molar-refractivity contribution in [2.45, 2.75) is 12.3 Å². The minimum absolute atomic E-state index is 0.183. The highest BCUT2D eigenvalue weighted by Gasteiger charge is 2.03. The molecule has 0 rings (SSSR count). The van der Waals surface area contributed by atoms with Crippen LogP contribution in [0.5, 0.6) is 0 Å². The van der Waals surface area contributed by atoms with Crippen LogP contribution < -0.4 is 4.72 Å². The van der Waals surface area contributed by atoms with E-state index in [1.165, 1.54) is 0 Å².